The minimum Gasteiger partial charge on any atom is -0.390 e. The highest BCUT2D eigenvalue weighted by Gasteiger charge is 2.14. The second-order valence-corrected chi connectivity index (χ2v) is 5.40. The lowest BCUT2D eigenvalue weighted by Gasteiger charge is -2.19. The number of ether oxygens (including phenoxy) is 1. The van der Waals surface area contributed by atoms with Gasteiger partial charge < -0.3 is 20.9 Å². The highest BCUT2D eigenvalue weighted by Crippen LogP contribution is 2.04. The van der Waals surface area contributed by atoms with Gasteiger partial charge >= 0.3 is 0 Å². The Kier molecular flexibility index (Phi) is 8.46. The summed E-state index contributed by atoms with van der Waals surface area (Å²) in [6.07, 6.45) is 1.39. The van der Waals surface area contributed by atoms with E-state index < -0.39 is 6.10 Å². The minimum atomic E-state index is -0.527. The molecule has 0 aromatic heterocycles. The normalized spacial score (nSPS) is 14.4. The van der Waals surface area contributed by atoms with E-state index in [-0.39, 0.29) is 12.1 Å². The van der Waals surface area contributed by atoms with Crippen LogP contribution in [-0.2, 0) is 11.2 Å². The van der Waals surface area contributed by atoms with E-state index in [1.165, 1.54) is 0 Å². The van der Waals surface area contributed by atoms with Gasteiger partial charge in [0.25, 0.3) is 0 Å². The number of hydrogen-bond donors (Lipinski definition) is 3. The molecule has 4 heteroatoms. The third-order valence-corrected chi connectivity index (χ3v) is 3.11. The van der Waals surface area contributed by atoms with Crippen LogP contribution in [0.15, 0.2) is 30.3 Å². The maximum Gasteiger partial charge on any atom is 0.0818 e. The molecule has 1 rings (SSSR count). The molecule has 0 bridgehead atoms. The summed E-state index contributed by atoms with van der Waals surface area (Å²) in [5, 5.41) is 13.2. The molecule has 4 nitrogen and oxygen atoms in total. The zero-order chi connectivity index (χ0) is 14.8. The van der Waals surface area contributed by atoms with Crippen molar-refractivity contribution >= 4 is 0 Å². The van der Waals surface area contributed by atoms with Crippen molar-refractivity contribution in [3.63, 3.8) is 0 Å². The molecule has 0 amide bonds. The molecule has 0 aliphatic carbocycles. The van der Waals surface area contributed by atoms with Gasteiger partial charge in [-0.15, -0.1) is 0 Å². The molecule has 4 N–H and O–H groups in total. The van der Waals surface area contributed by atoms with Crippen molar-refractivity contribution in [1.29, 1.82) is 0 Å². The molecule has 0 saturated carbocycles. The summed E-state index contributed by atoms with van der Waals surface area (Å²) in [5.74, 6) is 0. The maximum absolute atomic E-state index is 10.0. The molecule has 0 aliphatic rings. The van der Waals surface area contributed by atoms with Gasteiger partial charge in [0.2, 0.25) is 0 Å². The predicted molar refractivity (Wildman–Crippen MR) is 82.7 cm³/mol. The van der Waals surface area contributed by atoms with Crippen molar-refractivity contribution < 1.29 is 9.84 Å². The van der Waals surface area contributed by atoms with E-state index in [1.54, 1.807) is 0 Å². The lowest BCUT2D eigenvalue weighted by Crippen LogP contribution is -2.43. The van der Waals surface area contributed by atoms with Gasteiger partial charge in [-0.3, -0.25) is 0 Å². The lowest BCUT2D eigenvalue weighted by molar-refractivity contribution is 0.0759. The molecule has 0 aliphatic heterocycles. The van der Waals surface area contributed by atoms with Gasteiger partial charge in [-0.25, -0.2) is 0 Å². The Morgan fingerprint density at radius 2 is 1.95 bits per heavy atom. The monoisotopic (exact) mass is 280 g/mol. The molecule has 0 fully saturated rings. The molecule has 20 heavy (non-hydrogen) atoms. The fraction of sp³-hybridized carbons (Fsp3) is 0.625. The third-order valence-electron chi connectivity index (χ3n) is 3.11. The van der Waals surface area contributed by atoms with Gasteiger partial charge in [0, 0.05) is 19.2 Å². The first-order chi connectivity index (χ1) is 9.59. The number of hydrogen-bond acceptors (Lipinski definition) is 4. The van der Waals surface area contributed by atoms with Gasteiger partial charge in [0.05, 0.1) is 12.2 Å². The summed E-state index contributed by atoms with van der Waals surface area (Å²) < 4.78 is 5.45. The van der Waals surface area contributed by atoms with E-state index in [1.807, 2.05) is 44.2 Å². The molecule has 0 saturated heterocycles. The van der Waals surface area contributed by atoms with E-state index in [0.29, 0.717) is 13.0 Å². The summed E-state index contributed by atoms with van der Waals surface area (Å²) in [7, 11) is 0. The molecule has 114 valence electrons. The average Bonchev–Trinajstić information content (AvgIpc) is 2.43. The summed E-state index contributed by atoms with van der Waals surface area (Å²) >= 11 is 0. The van der Waals surface area contributed by atoms with Crippen LogP contribution < -0.4 is 11.1 Å². The van der Waals surface area contributed by atoms with Crippen LogP contribution in [0.25, 0.3) is 0 Å². The summed E-state index contributed by atoms with van der Waals surface area (Å²) in [5.41, 5.74) is 7.17. The molecular weight excluding hydrogens is 252 g/mol. The summed E-state index contributed by atoms with van der Waals surface area (Å²) in [6, 6.07) is 9.78. The Morgan fingerprint density at radius 3 is 2.60 bits per heavy atom. The molecule has 0 radical (unpaired) electrons. The first-order valence-electron chi connectivity index (χ1n) is 7.39. The van der Waals surface area contributed by atoms with E-state index in [9.17, 15) is 5.11 Å². The van der Waals surface area contributed by atoms with Crippen LogP contribution in [0.4, 0.5) is 0 Å². The average molecular weight is 280 g/mol. The Morgan fingerprint density at radius 1 is 1.25 bits per heavy atom. The van der Waals surface area contributed by atoms with E-state index in [0.717, 1.165) is 25.1 Å². The van der Waals surface area contributed by atoms with Crippen LogP contribution in [-0.4, -0.2) is 43.1 Å². The topological polar surface area (TPSA) is 67.5 Å². The zero-order valence-corrected chi connectivity index (χ0v) is 12.6. The van der Waals surface area contributed by atoms with E-state index >= 15 is 0 Å². The van der Waals surface area contributed by atoms with Crippen LogP contribution >= 0.6 is 0 Å². The number of aliphatic hydroxyl groups excluding tert-OH is 1. The van der Waals surface area contributed by atoms with Crippen molar-refractivity contribution in [3.05, 3.63) is 35.9 Å². The van der Waals surface area contributed by atoms with E-state index in [2.05, 4.69) is 5.32 Å². The smallest absolute Gasteiger partial charge is 0.0818 e. The number of aliphatic hydroxyl groups is 1. The Balaban J connectivity index is 2.11. The number of benzene rings is 1. The van der Waals surface area contributed by atoms with Crippen molar-refractivity contribution in [2.75, 3.05) is 19.7 Å². The van der Waals surface area contributed by atoms with Crippen LogP contribution in [0.2, 0.25) is 0 Å². The quantitative estimate of drug-likeness (QED) is 0.566. The fourth-order valence-electron chi connectivity index (χ4n) is 1.94. The van der Waals surface area contributed by atoms with Crippen LogP contribution in [0.1, 0.15) is 25.8 Å². The van der Waals surface area contributed by atoms with Crippen LogP contribution in [0, 0.1) is 0 Å². The SMILES string of the molecule is CC(C)OCCCNC[C@H](O)C(N)Cc1ccccc1. The molecule has 0 heterocycles. The fourth-order valence-corrected chi connectivity index (χ4v) is 1.94. The van der Waals surface area contributed by atoms with Gasteiger partial charge in [-0.1, -0.05) is 30.3 Å². The van der Waals surface area contributed by atoms with Gasteiger partial charge in [-0.05, 0) is 38.8 Å². The summed E-state index contributed by atoms with van der Waals surface area (Å²) in [6.45, 7) is 6.16. The first kappa shape index (κ1) is 17.1. The van der Waals surface area contributed by atoms with Gasteiger partial charge in [0.15, 0.2) is 0 Å². The minimum absolute atomic E-state index is 0.239. The zero-order valence-electron chi connectivity index (χ0n) is 12.6. The number of nitrogens with one attached hydrogen (secondary N) is 1. The molecule has 1 aromatic carbocycles. The molecule has 1 unspecified atom stereocenters. The number of rotatable bonds is 10. The van der Waals surface area contributed by atoms with E-state index in [4.69, 9.17) is 10.5 Å². The molecule has 0 spiro atoms. The molecular formula is C16H28N2O2. The largest absolute Gasteiger partial charge is 0.390 e. The van der Waals surface area contributed by atoms with Crippen molar-refractivity contribution in [3.8, 4) is 0 Å². The Labute approximate surface area is 122 Å². The highest BCUT2D eigenvalue weighted by molar-refractivity contribution is 5.16. The number of nitrogens with two attached hydrogens (primary N) is 1. The van der Waals surface area contributed by atoms with Crippen LogP contribution in [0.5, 0.6) is 0 Å². The third kappa shape index (κ3) is 7.60. The van der Waals surface area contributed by atoms with Gasteiger partial charge in [-0.2, -0.15) is 0 Å². The highest BCUT2D eigenvalue weighted by atomic mass is 16.5. The Hall–Kier alpha value is -0.940. The predicted octanol–water partition coefficient (Wildman–Crippen LogP) is 1.32. The maximum atomic E-state index is 10.0. The van der Waals surface area contributed by atoms with Crippen LogP contribution in [0.3, 0.4) is 0 Å². The first-order valence-corrected chi connectivity index (χ1v) is 7.39. The van der Waals surface area contributed by atoms with Crippen molar-refractivity contribution in [2.24, 2.45) is 5.73 Å². The molecule has 2 atom stereocenters. The summed E-state index contributed by atoms with van der Waals surface area (Å²) in [4.78, 5) is 0. The second-order valence-electron chi connectivity index (χ2n) is 5.40. The molecule has 1 aromatic rings. The lowest BCUT2D eigenvalue weighted by atomic mass is 10.0. The Bertz CT molecular complexity index is 344. The van der Waals surface area contributed by atoms with Gasteiger partial charge in [0.1, 0.15) is 0 Å². The standard InChI is InChI=1S/C16H28N2O2/c1-13(2)20-10-6-9-18-12-16(19)15(17)11-14-7-4-3-5-8-14/h3-5,7-8,13,15-16,18-19H,6,9-12,17H2,1-2H3/t15?,16-/m0/s1. The van der Waals surface area contributed by atoms with Crippen molar-refractivity contribution in [2.45, 2.75) is 44.9 Å². The van der Waals surface area contributed by atoms with Crippen molar-refractivity contribution in [1.82, 2.24) is 5.32 Å². The second kappa shape index (κ2) is 9.88.